The third-order valence-electron chi connectivity index (χ3n) is 4.00. The third kappa shape index (κ3) is 3.25. The lowest BCUT2D eigenvalue weighted by molar-refractivity contribution is 0.192. The average molecular weight is 280 g/mol. The van der Waals surface area contributed by atoms with Gasteiger partial charge in [0.1, 0.15) is 5.75 Å². The fourth-order valence-corrected chi connectivity index (χ4v) is 4.02. The minimum Gasteiger partial charge on any atom is -0.496 e. The number of nitrogens with two attached hydrogens (primary N) is 1. The summed E-state index contributed by atoms with van der Waals surface area (Å²) in [6.45, 7) is 2.74. The van der Waals surface area contributed by atoms with Crippen LogP contribution >= 0.6 is 11.8 Å². The molecule has 1 aliphatic rings. The lowest BCUT2D eigenvalue weighted by atomic mass is 10.0. The molecule has 106 valence electrons. The molecule has 0 amide bonds. The summed E-state index contributed by atoms with van der Waals surface area (Å²) in [5, 5.41) is 0. The van der Waals surface area contributed by atoms with Crippen molar-refractivity contribution >= 4 is 11.8 Å². The molecule has 0 saturated carbocycles. The number of benzene rings is 1. The first-order valence-electron chi connectivity index (χ1n) is 6.81. The lowest BCUT2D eigenvalue weighted by Crippen LogP contribution is -2.38. The number of aryl methyl sites for hydroxylation is 1. The molecule has 1 saturated heterocycles. The predicted octanol–water partition coefficient (Wildman–Crippen LogP) is 2.44. The molecule has 4 heteroatoms. The maximum Gasteiger partial charge on any atom is 0.121 e. The lowest BCUT2D eigenvalue weighted by Gasteiger charge is -2.32. The second-order valence-corrected chi connectivity index (χ2v) is 6.31. The second-order valence-electron chi connectivity index (χ2n) is 5.16. The van der Waals surface area contributed by atoms with Crippen molar-refractivity contribution in [3.8, 4) is 5.75 Å². The molecule has 2 rings (SSSR count). The number of hydrogen-bond donors (Lipinski definition) is 1. The van der Waals surface area contributed by atoms with Crippen molar-refractivity contribution in [3.63, 3.8) is 0 Å². The van der Waals surface area contributed by atoms with Gasteiger partial charge in [0.2, 0.25) is 0 Å². The van der Waals surface area contributed by atoms with Gasteiger partial charge < -0.3 is 10.5 Å². The molecule has 1 aromatic rings. The van der Waals surface area contributed by atoms with Gasteiger partial charge in [-0.25, -0.2) is 0 Å². The SMILES string of the molecule is COc1ccc(C(CN)N(C)C2CCSC2)cc1C. The number of rotatable bonds is 5. The topological polar surface area (TPSA) is 38.5 Å². The Kier molecular flexibility index (Phi) is 5.13. The zero-order valence-electron chi connectivity index (χ0n) is 12.1. The van der Waals surface area contributed by atoms with Crippen molar-refractivity contribution in [2.75, 3.05) is 32.2 Å². The van der Waals surface area contributed by atoms with Crippen LogP contribution in [-0.2, 0) is 0 Å². The van der Waals surface area contributed by atoms with Crippen LogP contribution in [0.4, 0.5) is 0 Å². The van der Waals surface area contributed by atoms with E-state index < -0.39 is 0 Å². The van der Waals surface area contributed by atoms with E-state index in [4.69, 9.17) is 10.5 Å². The van der Waals surface area contributed by atoms with Crippen molar-refractivity contribution in [1.82, 2.24) is 4.90 Å². The molecule has 1 fully saturated rings. The average Bonchev–Trinajstić information content (AvgIpc) is 2.93. The summed E-state index contributed by atoms with van der Waals surface area (Å²) >= 11 is 2.04. The van der Waals surface area contributed by atoms with Crippen molar-refractivity contribution in [1.29, 1.82) is 0 Å². The highest BCUT2D eigenvalue weighted by Crippen LogP contribution is 2.30. The summed E-state index contributed by atoms with van der Waals surface area (Å²) in [7, 11) is 3.91. The highest BCUT2D eigenvalue weighted by atomic mass is 32.2. The van der Waals surface area contributed by atoms with Gasteiger partial charge in [-0.1, -0.05) is 12.1 Å². The largest absolute Gasteiger partial charge is 0.496 e. The van der Waals surface area contributed by atoms with Gasteiger partial charge >= 0.3 is 0 Å². The molecule has 0 radical (unpaired) electrons. The summed E-state index contributed by atoms with van der Waals surface area (Å²) in [5.74, 6) is 3.44. The molecule has 1 heterocycles. The maximum atomic E-state index is 6.01. The molecular formula is C15H24N2OS. The van der Waals surface area contributed by atoms with Gasteiger partial charge in [0.15, 0.2) is 0 Å². The number of hydrogen-bond acceptors (Lipinski definition) is 4. The Morgan fingerprint density at radius 2 is 2.32 bits per heavy atom. The molecule has 19 heavy (non-hydrogen) atoms. The quantitative estimate of drug-likeness (QED) is 0.899. The molecule has 1 aliphatic heterocycles. The van der Waals surface area contributed by atoms with Crippen molar-refractivity contribution in [2.24, 2.45) is 5.73 Å². The summed E-state index contributed by atoms with van der Waals surface area (Å²) in [5.41, 5.74) is 8.48. The van der Waals surface area contributed by atoms with E-state index in [-0.39, 0.29) is 0 Å². The standard InChI is InChI=1S/C15H24N2OS/c1-11-8-12(4-5-15(11)18-3)14(9-16)17(2)13-6-7-19-10-13/h4-5,8,13-14H,6-7,9-10,16H2,1-3H3. The number of nitrogens with zero attached hydrogens (tertiary/aromatic N) is 1. The Bertz CT molecular complexity index is 419. The Morgan fingerprint density at radius 1 is 1.53 bits per heavy atom. The maximum absolute atomic E-state index is 6.01. The minimum absolute atomic E-state index is 0.299. The van der Waals surface area contributed by atoms with Gasteiger partial charge in [-0.3, -0.25) is 4.90 Å². The fourth-order valence-electron chi connectivity index (χ4n) is 2.74. The molecule has 0 aliphatic carbocycles. The van der Waals surface area contributed by atoms with E-state index in [1.165, 1.54) is 29.1 Å². The summed E-state index contributed by atoms with van der Waals surface area (Å²) in [6, 6.07) is 7.34. The smallest absolute Gasteiger partial charge is 0.121 e. The molecule has 2 unspecified atom stereocenters. The van der Waals surface area contributed by atoms with Gasteiger partial charge in [0, 0.05) is 24.4 Å². The highest BCUT2D eigenvalue weighted by molar-refractivity contribution is 7.99. The molecule has 2 N–H and O–H groups in total. The van der Waals surface area contributed by atoms with E-state index in [0.29, 0.717) is 18.6 Å². The molecule has 0 aromatic heterocycles. The van der Waals surface area contributed by atoms with Crippen LogP contribution in [-0.4, -0.2) is 43.1 Å². The summed E-state index contributed by atoms with van der Waals surface area (Å²) in [6.07, 6.45) is 1.27. The van der Waals surface area contributed by atoms with Crippen LogP contribution in [0.3, 0.4) is 0 Å². The molecule has 0 spiro atoms. The van der Waals surface area contributed by atoms with E-state index in [0.717, 1.165) is 5.75 Å². The Morgan fingerprint density at radius 3 is 2.84 bits per heavy atom. The van der Waals surface area contributed by atoms with E-state index >= 15 is 0 Å². The first kappa shape index (κ1) is 14.7. The molecule has 3 nitrogen and oxygen atoms in total. The van der Waals surface area contributed by atoms with E-state index in [1.807, 2.05) is 17.8 Å². The number of likely N-dealkylation sites (N-methyl/N-ethyl adjacent to an activating group) is 1. The first-order valence-corrected chi connectivity index (χ1v) is 7.97. The summed E-state index contributed by atoms with van der Waals surface area (Å²) < 4.78 is 5.33. The van der Waals surface area contributed by atoms with Gasteiger partial charge in [-0.05, 0) is 43.3 Å². The Hall–Kier alpha value is -0.710. The second kappa shape index (κ2) is 6.64. The monoisotopic (exact) mass is 280 g/mol. The highest BCUT2D eigenvalue weighted by Gasteiger charge is 2.26. The van der Waals surface area contributed by atoms with Crippen molar-refractivity contribution in [3.05, 3.63) is 29.3 Å². The van der Waals surface area contributed by atoms with Crippen molar-refractivity contribution < 1.29 is 4.74 Å². The van der Waals surface area contributed by atoms with Gasteiger partial charge in [0.05, 0.1) is 7.11 Å². The van der Waals surface area contributed by atoms with Crippen LogP contribution < -0.4 is 10.5 Å². The van der Waals surface area contributed by atoms with Crippen LogP contribution in [0.15, 0.2) is 18.2 Å². The molecular weight excluding hydrogens is 256 g/mol. The fraction of sp³-hybridized carbons (Fsp3) is 0.600. The van der Waals surface area contributed by atoms with Crippen LogP contribution in [0.25, 0.3) is 0 Å². The molecule has 2 atom stereocenters. The third-order valence-corrected chi connectivity index (χ3v) is 5.15. The zero-order valence-corrected chi connectivity index (χ0v) is 12.9. The molecule has 0 bridgehead atoms. The number of thioether (sulfide) groups is 1. The van der Waals surface area contributed by atoms with E-state index in [1.54, 1.807) is 7.11 Å². The van der Waals surface area contributed by atoms with Crippen LogP contribution in [0.1, 0.15) is 23.6 Å². The van der Waals surface area contributed by atoms with Crippen molar-refractivity contribution in [2.45, 2.75) is 25.4 Å². The zero-order chi connectivity index (χ0) is 13.8. The van der Waals surface area contributed by atoms with E-state index in [2.05, 4.69) is 31.0 Å². The predicted molar refractivity (Wildman–Crippen MR) is 83.0 cm³/mol. The van der Waals surface area contributed by atoms with Crippen LogP contribution in [0.2, 0.25) is 0 Å². The number of methoxy groups -OCH3 is 1. The first-order chi connectivity index (χ1) is 9.17. The van der Waals surface area contributed by atoms with Gasteiger partial charge in [-0.15, -0.1) is 0 Å². The molecule has 1 aromatic carbocycles. The van der Waals surface area contributed by atoms with Crippen LogP contribution in [0.5, 0.6) is 5.75 Å². The number of ether oxygens (including phenoxy) is 1. The Labute approximate surface area is 120 Å². The van der Waals surface area contributed by atoms with Gasteiger partial charge in [-0.2, -0.15) is 11.8 Å². The summed E-state index contributed by atoms with van der Waals surface area (Å²) in [4.78, 5) is 2.45. The Balaban J connectivity index is 2.18. The van der Waals surface area contributed by atoms with E-state index in [9.17, 15) is 0 Å². The van der Waals surface area contributed by atoms with Crippen LogP contribution in [0, 0.1) is 6.92 Å². The minimum atomic E-state index is 0.299. The van der Waals surface area contributed by atoms with Gasteiger partial charge in [0.25, 0.3) is 0 Å². The normalized spacial score (nSPS) is 20.8.